The van der Waals surface area contributed by atoms with E-state index < -0.39 is 17.4 Å². The maximum Gasteiger partial charge on any atom is 0.299 e. The minimum Gasteiger partial charge on any atom is -0.535 e. The van der Waals surface area contributed by atoms with Gasteiger partial charge < -0.3 is 18.3 Å². The van der Waals surface area contributed by atoms with Gasteiger partial charge in [0.05, 0.1) is 26.4 Å². The van der Waals surface area contributed by atoms with Crippen LogP contribution in [0.3, 0.4) is 0 Å². The van der Waals surface area contributed by atoms with E-state index >= 15 is 0 Å². The number of benzene rings is 3. The molecule has 0 bridgehead atoms. The van der Waals surface area contributed by atoms with Crippen molar-refractivity contribution in [3.05, 3.63) is 77.9 Å². The molecule has 0 saturated carbocycles. The fraction of sp³-hybridized carbons (Fsp3) is 0.419. The number of rotatable bonds is 9. The van der Waals surface area contributed by atoms with Crippen molar-refractivity contribution in [2.75, 3.05) is 14.2 Å². The fourth-order valence-corrected chi connectivity index (χ4v) is 7.24. The standard InChI is InChI=1S/C31H44O4Si2/c1-30(2,3)26-21-27(32-7)25(22-34-37(9,10)31(4,5)6)28(33-8)29(26)35-36(23-17-13-11-14-18-23)24-19-15-12-16-20-24/h11-21,36H,22H2,1-10H3. The van der Waals surface area contributed by atoms with Crippen molar-refractivity contribution >= 4 is 27.7 Å². The molecule has 3 rings (SSSR count). The first-order valence-corrected chi connectivity index (χ1v) is 17.5. The van der Waals surface area contributed by atoms with E-state index in [1.807, 2.05) is 12.1 Å². The molecular weight excluding hydrogens is 493 g/mol. The molecule has 6 heteroatoms. The molecule has 0 radical (unpaired) electrons. The summed E-state index contributed by atoms with van der Waals surface area (Å²) in [4.78, 5) is 0. The Kier molecular flexibility index (Phi) is 8.99. The molecule has 0 aliphatic carbocycles. The quantitative estimate of drug-likeness (QED) is 0.295. The van der Waals surface area contributed by atoms with Crippen LogP contribution in [0.4, 0.5) is 0 Å². The summed E-state index contributed by atoms with van der Waals surface area (Å²) in [6.45, 7) is 18.3. The van der Waals surface area contributed by atoms with Gasteiger partial charge in [0, 0.05) is 5.56 Å². The van der Waals surface area contributed by atoms with Crippen LogP contribution in [-0.4, -0.2) is 31.6 Å². The first-order valence-electron chi connectivity index (χ1n) is 13.0. The molecule has 3 aromatic carbocycles. The maximum atomic E-state index is 7.12. The zero-order valence-corrected chi connectivity index (χ0v) is 26.4. The molecule has 3 aromatic rings. The van der Waals surface area contributed by atoms with Crippen molar-refractivity contribution in [3.63, 3.8) is 0 Å². The minimum absolute atomic E-state index is 0.0940. The van der Waals surface area contributed by atoms with Gasteiger partial charge in [-0.15, -0.1) is 0 Å². The average Bonchev–Trinajstić information content (AvgIpc) is 2.85. The molecule has 4 nitrogen and oxygen atoms in total. The molecule has 0 amide bonds. The predicted octanol–water partition coefficient (Wildman–Crippen LogP) is 6.44. The Balaban J connectivity index is 2.21. The lowest BCUT2D eigenvalue weighted by Crippen LogP contribution is -2.48. The third-order valence-corrected chi connectivity index (χ3v) is 14.3. The van der Waals surface area contributed by atoms with E-state index in [0.717, 1.165) is 22.6 Å². The molecular formula is C31H44O4Si2. The van der Waals surface area contributed by atoms with Gasteiger partial charge in [-0.05, 0) is 40.0 Å². The summed E-state index contributed by atoms with van der Waals surface area (Å²) in [7, 11) is -0.680. The summed E-state index contributed by atoms with van der Waals surface area (Å²) in [5.74, 6) is 2.26. The lowest BCUT2D eigenvalue weighted by atomic mass is 9.85. The van der Waals surface area contributed by atoms with Crippen LogP contribution in [0, 0.1) is 0 Å². The largest absolute Gasteiger partial charge is 0.535 e. The fourth-order valence-electron chi connectivity index (χ4n) is 4.03. The second kappa shape index (κ2) is 11.5. The monoisotopic (exact) mass is 536 g/mol. The van der Waals surface area contributed by atoms with Crippen LogP contribution in [0.25, 0.3) is 0 Å². The summed E-state index contributed by atoms with van der Waals surface area (Å²) in [6.07, 6.45) is 0. The molecule has 37 heavy (non-hydrogen) atoms. The van der Waals surface area contributed by atoms with Gasteiger partial charge in [0.2, 0.25) is 0 Å². The summed E-state index contributed by atoms with van der Waals surface area (Å²) < 4.78 is 25.8. The van der Waals surface area contributed by atoms with Crippen molar-refractivity contribution in [2.45, 2.75) is 71.7 Å². The molecule has 0 aliphatic rings. The van der Waals surface area contributed by atoms with E-state index in [0.29, 0.717) is 12.4 Å². The topological polar surface area (TPSA) is 36.9 Å². The Morgan fingerprint density at radius 1 is 0.730 bits per heavy atom. The number of methoxy groups -OCH3 is 2. The van der Waals surface area contributed by atoms with Gasteiger partial charge in [0.15, 0.2) is 19.8 Å². The maximum absolute atomic E-state index is 7.12. The van der Waals surface area contributed by atoms with Gasteiger partial charge in [0.25, 0.3) is 9.04 Å². The minimum atomic E-state index is -2.10. The van der Waals surface area contributed by atoms with E-state index in [1.54, 1.807) is 14.2 Å². The first kappa shape index (κ1) is 29.0. The SMILES string of the molecule is COc1cc(C(C)(C)C)c(O[SiH](c2ccccc2)c2ccccc2)c(OC)c1CO[Si](C)(C)C(C)(C)C. The normalized spacial score (nSPS) is 12.5. The first-order chi connectivity index (χ1) is 17.3. The van der Waals surface area contributed by atoms with Crippen molar-refractivity contribution in [1.29, 1.82) is 0 Å². The third kappa shape index (κ3) is 6.67. The second-order valence-corrected chi connectivity index (χ2v) is 19.2. The van der Waals surface area contributed by atoms with E-state index in [4.69, 9.17) is 18.3 Å². The summed E-state index contributed by atoms with van der Waals surface area (Å²) >= 11 is 0. The second-order valence-electron chi connectivity index (χ2n) is 12.1. The molecule has 0 fully saturated rings. The highest BCUT2D eigenvalue weighted by atomic mass is 28.4. The van der Waals surface area contributed by atoms with Gasteiger partial charge in [-0.3, -0.25) is 0 Å². The lowest BCUT2D eigenvalue weighted by molar-refractivity contribution is 0.260. The zero-order chi connectivity index (χ0) is 27.4. The van der Waals surface area contributed by atoms with Crippen LogP contribution in [0.1, 0.15) is 52.7 Å². The summed E-state index contributed by atoms with van der Waals surface area (Å²) in [5.41, 5.74) is 1.76. The highest BCUT2D eigenvalue weighted by molar-refractivity contribution is 6.80. The van der Waals surface area contributed by atoms with Crippen molar-refractivity contribution in [1.82, 2.24) is 0 Å². The molecule has 0 unspecified atom stereocenters. The molecule has 0 saturated heterocycles. The Hall–Kier alpha value is -2.55. The highest BCUT2D eigenvalue weighted by Crippen LogP contribution is 2.47. The van der Waals surface area contributed by atoms with Crippen molar-refractivity contribution in [2.24, 2.45) is 0 Å². The molecule has 0 aliphatic heterocycles. The number of hydrogen-bond donors (Lipinski definition) is 0. The third-order valence-electron chi connectivity index (χ3n) is 7.35. The van der Waals surface area contributed by atoms with Gasteiger partial charge in [-0.1, -0.05) is 102 Å². The Labute approximate surface area is 226 Å². The molecule has 0 heterocycles. The van der Waals surface area contributed by atoms with Crippen molar-refractivity contribution in [3.8, 4) is 17.2 Å². The smallest absolute Gasteiger partial charge is 0.299 e. The number of hydrogen-bond acceptors (Lipinski definition) is 4. The molecule has 200 valence electrons. The average molecular weight is 537 g/mol. The Bertz CT molecular complexity index is 1120. The molecule has 0 aromatic heterocycles. The van der Waals surface area contributed by atoms with Crippen LogP contribution in [-0.2, 0) is 16.4 Å². The summed E-state index contributed by atoms with van der Waals surface area (Å²) in [6, 6.07) is 23.2. The lowest BCUT2D eigenvalue weighted by Gasteiger charge is -2.37. The highest BCUT2D eigenvalue weighted by Gasteiger charge is 2.38. The Morgan fingerprint density at radius 2 is 1.24 bits per heavy atom. The van der Waals surface area contributed by atoms with E-state index in [1.165, 1.54) is 10.4 Å². The Morgan fingerprint density at radius 3 is 1.65 bits per heavy atom. The zero-order valence-electron chi connectivity index (χ0n) is 24.3. The van der Waals surface area contributed by atoms with Crippen LogP contribution >= 0.6 is 0 Å². The van der Waals surface area contributed by atoms with E-state index in [9.17, 15) is 0 Å². The van der Waals surface area contributed by atoms with E-state index in [2.05, 4.69) is 109 Å². The molecule has 0 N–H and O–H groups in total. The number of ether oxygens (including phenoxy) is 2. The van der Waals surface area contributed by atoms with Crippen molar-refractivity contribution < 1.29 is 18.3 Å². The predicted molar refractivity (Wildman–Crippen MR) is 160 cm³/mol. The van der Waals surface area contributed by atoms with E-state index in [-0.39, 0.29) is 10.5 Å². The molecule has 0 spiro atoms. The van der Waals surface area contributed by atoms with Gasteiger partial charge >= 0.3 is 0 Å². The van der Waals surface area contributed by atoms with Gasteiger partial charge in [0.1, 0.15) is 5.75 Å². The van der Waals surface area contributed by atoms with Gasteiger partial charge in [-0.25, -0.2) is 0 Å². The summed E-state index contributed by atoms with van der Waals surface area (Å²) in [5, 5.41) is 2.52. The molecule has 0 atom stereocenters. The van der Waals surface area contributed by atoms with Crippen LogP contribution in [0.2, 0.25) is 18.1 Å². The van der Waals surface area contributed by atoms with Crippen LogP contribution in [0.15, 0.2) is 66.7 Å². The van der Waals surface area contributed by atoms with Crippen LogP contribution in [0.5, 0.6) is 17.2 Å². The van der Waals surface area contributed by atoms with Gasteiger partial charge in [-0.2, -0.15) is 0 Å². The van der Waals surface area contributed by atoms with Crippen LogP contribution < -0.4 is 24.3 Å².